The van der Waals surface area contributed by atoms with Crippen LogP contribution in [0.4, 0.5) is 5.69 Å². The lowest BCUT2D eigenvalue weighted by Gasteiger charge is -2.47. The number of benzene rings is 1. The number of hydrogen-bond donors (Lipinski definition) is 1. The molecule has 3 aliphatic heterocycles. The second-order valence-corrected chi connectivity index (χ2v) is 6.91. The van der Waals surface area contributed by atoms with Gasteiger partial charge in [0.15, 0.2) is 0 Å². The highest BCUT2D eigenvalue weighted by Crippen LogP contribution is 2.38. The molecule has 3 aliphatic rings. The molecule has 5 heteroatoms. The summed E-state index contributed by atoms with van der Waals surface area (Å²) in [6.45, 7) is 3.00. The van der Waals surface area contributed by atoms with Crippen LogP contribution in [0.3, 0.4) is 0 Å². The second-order valence-electron chi connectivity index (χ2n) is 6.91. The Morgan fingerprint density at radius 1 is 1.22 bits per heavy atom. The first-order chi connectivity index (χ1) is 11.2. The molecule has 1 N–H and O–H groups in total. The topological polar surface area (TPSA) is 44.8 Å². The summed E-state index contributed by atoms with van der Waals surface area (Å²) in [5, 5.41) is 3.34. The van der Waals surface area contributed by atoms with Crippen LogP contribution in [0.15, 0.2) is 24.3 Å². The third kappa shape index (κ3) is 2.47. The molecular formula is C18H25N3O2. The second kappa shape index (κ2) is 5.71. The van der Waals surface area contributed by atoms with Gasteiger partial charge in [-0.25, -0.2) is 0 Å². The molecule has 23 heavy (non-hydrogen) atoms. The minimum absolute atomic E-state index is 0.0997. The van der Waals surface area contributed by atoms with E-state index >= 15 is 0 Å². The maximum atomic E-state index is 12.3. The Balaban J connectivity index is 1.49. The predicted molar refractivity (Wildman–Crippen MR) is 89.7 cm³/mol. The van der Waals surface area contributed by atoms with E-state index in [1.54, 1.807) is 7.11 Å². The monoisotopic (exact) mass is 315 g/mol. The molecule has 1 atom stereocenters. The molecule has 0 bridgehead atoms. The Morgan fingerprint density at radius 3 is 2.83 bits per heavy atom. The van der Waals surface area contributed by atoms with Crippen molar-refractivity contribution in [2.45, 2.75) is 43.8 Å². The molecule has 1 aromatic carbocycles. The summed E-state index contributed by atoms with van der Waals surface area (Å²) in [6, 6.07) is 8.36. The Hall–Kier alpha value is -1.75. The lowest BCUT2D eigenvalue weighted by Crippen LogP contribution is -2.59. The van der Waals surface area contributed by atoms with Crippen LogP contribution < -0.4 is 15.0 Å². The van der Waals surface area contributed by atoms with Gasteiger partial charge in [-0.2, -0.15) is 0 Å². The fourth-order valence-electron chi connectivity index (χ4n) is 4.46. The van der Waals surface area contributed by atoms with Gasteiger partial charge in [0, 0.05) is 44.2 Å². The van der Waals surface area contributed by atoms with E-state index < -0.39 is 0 Å². The van der Waals surface area contributed by atoms with Gasteiger partial charge in [-0.15, -0.1) is 0 Å². The molecule has 1 amide bonds. The Kier molecular flexibility index (Phi) is 3.68. The number of methoxy groups -OCH3 is 1. The number of amides is 1. The first kappa shape index (κ1) is 14.8. The minimum Gasteiger partial charge on any atom is -0.497 e. The van der Waals surface area contributed by atoms with Crippen LogP contribution in [0.5, 0.6) is 5.75 Å². The number of nitrogens with one attached hydrogen (secondary N) is 1. The number of fused-ring (bicyclic) bond motifs is 2. The number of nitrogens with zero attached hydrogens (tertiary/aromatic N) is 2. The van der Waals surface area contributed by atoms with E-state index in [2.05, 4.69) is 27.2 Å². The van der Waals surface area contributed by atoms with Crippen molar-refractivity contribution in [3.8, 4) is 5.75 Å². The van der Waals surface area contributed by atoms with Crippen LogP contribution in [-0.4, -0.2) is 49.3 Å². The summed E-state index contributed by atoms with van der Waals surface area (Å²) >= 11 is 0. The van der Waals surface area contributed by atoms with E-state index in [1.165, 1.54) is 18.5 Å². The third-order valence-corrected chi connectivity index (χ3v) is 5.72. The fraction of sp³-hybridized carbons (Fsp3) is 0.611. The van der Waals surface area contributed by atoms with Gasteiger partial charge < -0.3 is 15.0 Å². The maximum absolute atomic E-state index is 12.3. The highest BCUT2D eigenvalue weighted by molar-refractivity contribution is 5.85. The largest absolute Gasteiger partial charge is 0.497 e. The smallest absolute Gasteiger partial charge is 0.238 e. The third-order valence-electron chi connectivity index (χ3n) is 5.72. The normalized spacial score (nSPS) is 26.9. The summed E-state index contributed by atoms with van der Waals surface area (Å²) in [5.41, 5.74) is 1.11. The van der Waals surface area contributed by atoms with E-state index in [-0.39, 0.29) is 17.6 Å². The van der Waals surface area contributed by atoms with E-state index in [9.17, 15) is 4.79 Å². The molecule has 1 aromatic rings. The van der Waals surface area contributed by atoms with Crippen LogP contribution in [0.2, 0.25) is 0 Å². The fourth-order valence-corrected chi connectivity index (χ4v) is 4.46. The van der Waals surface area contributed by atoms with E-state index in [4.69, 9.17) is 4.74 Å². The van der Waals surface area contributed by atoms with Gasteiger partial charge in [-0.1, -0.05) is 12.5 Å². The van der Waals surface area contributed by atoms with Crippen LogP contribution in [0.1, 0.15) is 32.1 Å². The van der Waals surface area contributed by atoms with Gasteiger partial charge >= 0.3 is 0 Å². The highest BCUT2D eigenvalue weighted by atomic mass is 16.5. The van der Waals surface area contributed by atoms with E-state index in [0.29, 0.717) is 0 Å². The average molecular weight is 315 g/mol. The number of piperidine rings is 2. The van der Waals surface area contributed by atoms with Crippen molar-refractivity contribution in [2.75, 3.05) is 31.6 Å². The molecular weight excluding hydrogens is 290 g/mol. The van der Waals surface area contributed by atoms with Crippen molar-refractivity contribution in [3.05, 3.63) is 24.3 Å². The zero-order valence-corrected chi connectivity index (χ0v) is 13.8. The Morgan fingerprint density at radius 2 is 2.04 bits per heavy atom. The van der Waals surface area contributed by atoms with Crippen molar-refractivity contribution in [3.63, 3.8) is 0 Å². The van der Waals surface area contributed by atoms with Gasteiger partial charge in [-0.3, -0.25) is 9.69 Å². The summed E-state index contributed by atoms with van der Waals surface area (Å²) in [5.74, 6) is 1.15. The lowest BCUT2D eigenvalue weighted by molar-refractivity contribution is -0.122. The molecule has 3 fully saturated rings. The lowest BCUT2D eigenvalue weighted by atomic mass is 9.92. The average Bonchev–Trinajstić information content (AvgIpc) is 2.88. The quantitative estimate of drug-likeness (QED) is 0.906. The van der Waals surface area contributed by atoms with E-state index in [1.807, 2.05) is 12.1 Å². The first-order valence-electron chi connectivity index (χ1n) is 8.70. The van der Waals surface area contributed by atoms with Crippen molar-refractivity contribution < 1.29 is 9.53 Å². The van der Waals surface area contributed by atoms with E-state index in [0.717, 1.165) is 44.6 Å². The SMILES string of the molecule is COc1cccc(N2CCC3(CC2)NC(=O)[C@@H]2CCCCN23)c1. The number of anilines is 1. The molecule has 0 radical (unpaired) electrons. The van der Waals surface area contributed by atoms with Crippen LogP contribution in [0, 0.1) is 0 Å². The van der Waals surface area contributed by atoms with Crippen LogP contribution in [0.25, 0.3) is 0 Å². The summed E-state index contributed by atoms with van der Waals surface area (Å²) in [4.78, 5) is 17.2. The highest BCUT2D eigenvalue weighted by Gasteiger charge is 2.52. The van der Waals surface area contributed by atoms with Gasteiger partial charge in [0.25, 0.3) is 0 Å². The predicted octanol–water partition coefficient (Wildman–Crippen LogP) is 1.98. The minimum atomic E-state index is -0.0997. The summed E-state index contributed by atoms with van der Waals surface area (Å²) in [7, 11) is 1.70. The molecule has 5 nitrogen and oxygen atoms in total. The molecule has 124 valence electrons. The molecule has 0 aliphatic carbocycles. The summed E-state index contributed by atoms with van der Waals surface area (Å²) < 4.78 is 5.33. The van der Waals surface area contributed by atoms with Crippen LogP contribution in [-0.2, 0) is 4.79 Å². The molecule has 4 rings (SSSR count). The maximum Gasteiger partial charge on any atom is 0.238 e. The molecule has 3 saturated heterocycles. The zero-order valence-electron chi connectivity index (χ0n) is 13.8. The number of rotatable bonds is 2. The Bertz CT molecular complexity index is 596. The molecule has 3 heterocycles. The number of carbonyl (C=O) groups is 1. The molecule has 0 aromatic heterocycles. The molecule has 0 unspecified atom stereocenters. The molecule has 0 saturated carbocycles. The van der Waals surface area contributed by atoms with Crippen LogP contribution >= 0.6 is 0 Å². The standard InChI is InChI=1S/C18H25N3O2/c1-23-15-6-4-5-14(13-15)20-11-8-18(9-12-20)19-17(22)16-7-2-3-10-21(16)18/h4-6,13,16H,2-3,7-12H2,1H3,(H,19,22)/t16-/m0/s1. The Labute approximate surface area is 137 Å². The van der Waals surface area contributed by atoms with Gasteiger partial charge in [0.2, 0.25) is 5.91 Å². The van der Waals surface area contributed by atoms with Gasteiger partial charge in [0.1, 0.15) is 5.75 Å². The summed E-state index contributed by atoms with van der Waals surface area (Å²) in [6.07, 6.45) is 5.40. The zero-order chi connectivity index (χ0) is 15.9. The number of ether oxygens (including phenoxy) is 1. The van der Waals surface area contributed by atoms with Crippen molar-refractivity contribution in [2.24, 2.45) is 0 Å². The number of carbonyl (C=O) groups excluding carboxylic acids is 1. The first-order valence-corrected chi connectivity index (χ1v) is 8.70. The molecule has 1 spiro atoms. The van der Waals surface area contributed by atoms with Gasteiger partial charge in [0.05, 0.1) is 18.8 Å². The number of hydrogen-bond acceptors (Lipinski definition) is 4. The van der Waals surface area contributed by atoms with Gasteiger partial charge in [-0.05, 0) is 25.0 Å². The van der Waals surface area contributed by atoms with Crippen molar-refractivity contribution >= 4 is 11.6 Å². The van der Waals surface area contributed by atoms with Crippen molar-refractivity contribution in [1.82, 2.24) is 10.2 Å². The van der Waals surface area contributed by atoms with Crippen molar-refractivity contribution in [1.29, 1.82) is 0 Å².